The smallest absolute Gasteiger partial charge is 0.384 e. The highest BCUT2D eigenvalue weighted by atomic mass is 28.4. The van der Waals surface area contributed by atoms with Crippen molar-refractivity contribution in [3.8, 4) is 17.6 Å². The number of esters is 1. The standard InChI is InChI=1S/C21H32O5Si/c1-21(2,3)27(6,7)26-19(9-8-10-20(22)24-5)16-25-15-17-11-13-18(23-4)14-12-17/h11-14,19H,9,15-16H2,1-7H3/t19-/m1/s1. The predicted molar refractivity (Wildman–Crippen MR) is 109 cm³/mol. The Labute approximate surface area is 164 Å². The molecular formula is C21H32O5Si. The van der Waals surface area contributed by atoms with E-state index >= 15 is 0 Å². The fraction of sp³-hybridized carbons (Fsp3) is 0.571. The molecule has 1 aromatic rings. The summed E-state index contributed by atoms with van der Waals surface area (Å²) >= 11 is 0. The Kier molecular flexibility index (Phi) is 9.03. The monoisotopic (exact) mass is 392 g/mol. The highest BCUT2D eigenvalue weighted by Crippen LogP contribution is 2.37. The van der Waals surface area contributed by atoms with Gasteiger partial charge in [0.2, 0.25) is 0 Å². The molecule has 0 N–H and O–H groups in total. The lowest BCUT2D eigenvalue weighted by Crippen LogP contribution is -2.45. The zero-order valence-corrected chi connectivity index (χ0v) is 18.5. The van der Waals surface area contributed by atoms with Crippen molar-refractivity contribution in [3.05, 3.63) is 29.8 Å². The van der Waals surface area contributed by atoms with Gasteiger partial charge in [0.1, 0.15) is 5.75 Å². The number of carbonyl (C=O) groups is 1. The van der Waals surface area contributed by atoms with Crippen molar-refractivity contribution in [2.24, 2.45) is 0 Å². The van der Waals surface area contributed by atoms with Crippen LogP contribution in [0.5, 0.6) is 5.75 Å². The van der Waals surface area contributed by atoms with Crippen molar-refractivity contribution in [2.45, 2.75) is 58.0 Å². The van der Waals surface area contributed by atoms with Crippen molar-refractivity contribution >= 4 is 14.3 Å². The number of benzene rings is 1. The van der Waals surface area contributed by atoms with E-state index in [1.807, 2.05) is 24.3 Å². The molecule has 0 aromatic heterocycles. The summed E-state index contributed by atoms with van der Waals surface area (Å²) in [6.07, 6.45) is 0.228. The Hall–Kier alpha value is -1.81. The number of hydrogen-bond acceptors (Lipinski definition) is 5. The molecule has 0 amide bonds. The highest BCUT2D eigenvalue weighted by molar-refractivity contribution is 6.74. The van der Waals surface area contributed by atoms with Crippen LogP contribution in [0.2, 0.25) is 18.1 Å². The van der Waals surface area contributed by atoms with Gasteiger partial charge in [-0.05, 0) is 35.8 Å². The third kappa shape index (κ3) is 8.16. The second-order valence-corrected chi connectivity index (χ2v) is 12.6. The van der Waals surface area contributed by atoms with Crippen molar-refractivity contribution in [3.63, 3.8) is 0 Å². The molecule has 0 bridgehead atoms. The molecule has 1 atom stereocenters. The first kappa shape index (κ1) is 23.2. The van der Waals surface area contributed by atoms with E-state index in [1.165, 1.54) is 7.11 Å². The molecule has 5 nitrogen and oxygen atoms in total. The van der Waals surface area contributed by atoms with Gasteiger partial charge in [-0.15, -0.1) is 0 Å². The van der Waals surface area contributed by atoms with E-state index in [-0.39, 0.29) is 11.1 Å². The minimum Gasteiger partial charge on any atom is -0.497 e. The topological polar surface area (TPSA) is 54.0 Å². The maximum atomic E-state index is 11.2. The van der Waals surface area contributed by atoms with Crippen LogP contribution < -0.4 is 4.74 Å². The van der Waals surface area contributed by atoms with Gasteiger partial charge in [-0.25, -0.2) is 4.79 Å². The van der Waals surface area contributed by atoms with Crippen molar-refractivity contribution < 1.29 is 23.4 Å². The number of hydrogen-bond donors (Lipinski definition) is 0. The summed E-state index contributed by atoms with van der Waals surface area (Å²) in [5, 5.41) is 0.0804. The first-order valence-electron chi connectivity index (χ1n) is 9.04. The normalized spacial score (nSPS) is 12.7. The molecule has 0 aliphatic carbocycles. The molecule has 0 heterocycles. The zero-order valence-electron chi connectivity index (χ0n) is 17.5. The molecule has 0 spiro atoms. The molecule has 0 unspecified atom stereocenters. The van der Waals surface area contributed by atoms with Gasteiger partial charge in [0.05, 0.1) is 33.5 Å². The first-order valence-corrected chi connectivity index (χ1v) is 11.9. The molecule has 0 aliphatic heterocycles. The average molecular weight is 393 g/mol. The molecule has 150 valence electrons. The predicted octanol–water partition coefficient (Wildman–Crippen LogP) is 4.17. The highest BCUT2D eigenvalue weighted by Gasteiger charge is 2.39. The van der Waals surface area contributed by atoms with Gasteiger partial charge >= 0.3 is 5.97 Å². The number of rotatable bonds is 8. The van der Waals surface area contributed by atoms with Gasteiger partial charge in [-0.3, -0.25) is 0 Å². The number of carbonyl (C=O) groups excluding carboxylic acids is 1. The summed E-state index contributed by atoms with van der Waals surface area (Å²) in [6, 6.07) is 7.76. The van der Waals surface area contributed by atoms with E-state index in [1.54, 1.807) is 7.11 Å². The van der Waals surface area contributed by atoms with Crippen LogP contribution in [0.3, 0.4) is 0 Å². The molecule has 0 saturated carbocycles. The van der Waals surface area contributed by atoms with E-state index in [2.05, 4.69) is 50.4 Å². The molecule has 0 saturated heterocycles. The van der Waals surface area contributed by atoms with E-state index in [4.69, 9.17) is 13.9 Å². The van der Waals surface area contributed by atoms with Gasteiger partial charge in [-0.1, -0.05) is 38.8 Å². The minimum atomic E-state index is -1.98. The summed E-state index contributed by atoms with van der Waals surface area (Å²) in [4.78, 5) is 11.2. The Balaban J connectivity index is 2.71. The fourth-order valence-corrected chi connectivity index (χ4v) is 3.38. The SMILES string of the molecule is COC(=O)C#CC[C@H](COCc1ccc(OC)cc1)O[Si](C)(C)C(C)(C)C. The van der Waals surface area contributed by atoms with E-state index in [0.29, 0.717) is 19.6 Å². The van der Waals surface area contributed by atoms with Gasteiger partial charge < -0.3 is 18.6 Å². The van der Waals surface area contributed by atoms with Gasteiger partial charge in [0.15, 0.2) is 8.32 Å². The first-order chi connectivity index (χ1) is 12.6. The van der Waals surface area contributed by atoms with Crippen molar-refractivity contribution in [2.75, 3.05) is 20.8 Å². The number of ether oxygens (including phenoxy) is 3. The second kappa shape index (κ2) is 10.5. The zero-order chi connectivity index (χ0) is 20.5. The van der Waals surface area contributed by atoms with Crippen LogP contribution in [0.25, 0.3) is 0 Å². The van der Waals surface area contributed by atoms with E-state index in [9.17, 15) is 4.79 Å². The van der Waals surface area contributed by atoms with Crippen LogP contribution in [0, 0.1) is 11.8 Å². The molecule has 0 aliphatic rings. The molecular weight excluding hydrogens is 360 g/mol. The maximum absolute atomic E-state index is 11.2. The largest absolute Gasteiger partial charge is 0.497 e. The van der Waals surface area contributed by atoms with Crippen LogP contribution >= 0.6 is 0 Å². The van der Waals surface area contributed by atoms with Gasteiger partial charge in [0.25, 0.3) is 0 Å². The summed E-state index contributed by atoms with van der Waals surface area (Å²) in [6.45, 7) is 11.8. The summed E-state index contributed by atoms with van der Waals surface area (Å²) in [7, 11) is 0.985. The lowest BCUT2D eigenvalue weighted by Gasteiger charge is -2.38. The van der Waals surface area contributed by atoms with Gasteiger partial charge in [0, 0.05) is 12.3 Å². The van der Waals surface area contributed by atoms with Crippen molar-refractivity contribution in [1.82, 2.24) is 0 Å². The van der Waals surface area contributed by atoms with Gasteiger partial charge in [-0.2, -0.15) is 0 Å². The van der Waals surface area contributed by atoms with Crippen LogP contribution in [-0.2, 0) is 25.3 Å². The lowest BCUT2D eigenvalue weighted by atomic mass is 10.2. The molecule has 1 aromatic carbocycles. The Bertz CT molecular complexity index is 650. The molecule has 1 rings (SSSR count). The second-order valence-electron chi connectivity index (χ2n) is 7.86. The van der Waals surface area contributed by atoms with Crippen LogP contribution in [0.15, 0.2) is 24.3 Å². The average Bonchev–Trinajstić information content (AvgIpc) is 2.60. The minimum absolute atomic E-state index is 0.0804. The fourth-order valence-electron chi connectivity index (χ4n) is 2.05. The maximum Gasteiger partial charge on any atom is 0.384 e. The Morgan fingerprint density at radius 2 is 1.78 bits per heavy atom. The molecule has 0 fully saturated rings. The third-order valence-corrected chi connectivity index (χ3v) is 9.24. The van der Waals surface area contributed by atoms with Crippen LogP contribution in [-0.4, -0.2) is 41.2 Å². The Morgan fingerprint density at radius 3 is 2.30 bits per heavy atom. The van der Waals surface area contributed by atoms with Crippen LogP contribution in [0.4, 0.5) is 0 Å². The summed E-state index contributed by atoms with van der Waals surface area (Å²) in [5.74, 6) is 5.59. The third-order valence-electron chi connectivity index (χ3n) is 4.70. The van der Waals surface area contributed by atoms with Crippen LogP contribution in [0.1, 0.15) is 32.8 Å². The number of methoxy groups -OCH3 is 2. The van der Waals surface area contributed by atoms with E-state index < -0.39 is 14.3 Å². The molecule has 27 heavy (non-hydrogen) atoms. The lowest BCUT2D eigenvalue weighted by molar-refractivity contribution is -0.133. The van der Waals surface area contributed by atoms with Crippen molar-refractivity contribution in [1.29, 1.82) is 0 Å². The Morgan fingerprint density at radius 1 is 1.15 bits per heavy atom. The summed E-state index contributed by atoms with van der Waals surface area (Å²) < 4.78 is 22.0. The quantitative estimate of drug-likeness (QED) is 0.288. The molecule has 0 radical (unpaired) electrons. The summed E-state index contributed by atoms with van der Waals surface area (Å²) in [5.41, 5.74) is 1.06. The molecule has 6 heteroatoms. The van der Waals surface area contributed by atoms with E-state index in [0.717, 1.165) is 11.3 Å².